The number of halogens is 7. The largest absolute Gasteiger partial charge is 0.573 e. The number of nitrogens with zero attached hydrogens (tertiary/aromatic N) is 2. The SMILES string of the molecule is CC(C)[C@@H](CO)Nc1nc(Nc2ccc(Br)c(C(F)(F)F)c2)cc(-c2cccc(OC(F)(F)F)c2)n1. The molecule has 6 nitrogen and oxygen atoms in total. The first-order chi connectivity index (χ1) is 16.7. The number of anilines is 3. The van der Waals surface area contributed by atoms with Gasteiger partial charge in [0.1, 0.15) is 11.6 Å². The van der Waals surface area contributed by atoms with Crippen molar-refractivity contribution in [2.24, 2.45) is 5.92 Å². The van der Waals surface area contributed by atoms with Gasteiger partial charge in [-0.25, -0.2) is 4.98 Å². The van der Waals surface area contributed by atoms with Crippen LogP contribution in [0.4, 0.5) is 43.8 Å². The third-order valence-corrected chi connectivity index (χ3v) is 5.64. The summed E-state index contributed by atoms with van der Waals surface area (Å²) in [6, 6.07) is 9.51. The predicted octanol–water partition coefficient (Wildman–Crippen LogP) is 7.00. The quantitative estimate of drug-likeness (QED) is 0.250. The fraction of sp³-hybridized carbons (Fsp3) is 0.304. The van der Waals surface area contributed by atoms with E-state index in [0.717, 1.165) is 18.2 Å². The highest BCUT2D eigenvalue weighted by molar-refractivity contribution is 9.10. The van der Waals surface area contributed by atoms with Gasteiger partial charge in [-0.3, -0.25) is 0 Å². The molecule has 0 saturated heterocycles. The van der Waals surface area contributed by atoms with Crippen molar-refractivity contribution in [3.63, 3.8) is 0 Å². The molecule has 1 atom stereocenters. The van der Waals surface area contributed by atoms with Gasteiger partial charge in [-0.1, -0.05) is 41.9 Å². The molecule has 3 rings (SSSR count). The van der Waals surface area contributed by atoms with Crippen LogP contribution in [0.2, 0.25) is 0 Å². The van der Waals surface area contributed by atoms with E-state index in [1.54, 1.807) is 0 Å². The monoisotopic (exact) mass is 578 g/mol. The van der Waals surface area contributed by atoms with E-state index < -0.39 is 29.9 Å². The molecule has 0 amide bonds. The molecule has 0 aliphatic rings. The first-order valence-electron chi connectivity index (χ1n) is 10.5. The predicted molar refractivity (Wildman–Crippen MR) is 126 cm³/mol. The van der Waals surface area contributed by atoms with Crippen LogP contribution in [0.15, 0.2) is 53.0 Å². The van der Waals surface area contributed by atoms with Crippen molar-refractivity contribution < 1.29 is 36.2 Å². The molecular formula is C23H21BrF6N4O2. The van der Waals surface area contributed by atoms with E-state index in [9.17, 15) is 31.4 Å². The van der Waals surface area contributed by atoms with Gasteiger partial charge >= 0.3 is 12.5 Å². The molecule has 36 heavy (non-hydrogen) atoms. The molecule has 1 aromatic heterocycles. The van der Waals surface area contributed by atoms with Crippen molar-refractivity contribution in [1.29, 1.82) is 0 Å². The topological polar surface area (TPSA) is 79.3 Å². The highest BCUT2D eigenvalue weighted by atomic mass is 79.9. The van der Waals surface area contributed by atoms with Crippen molar-refractivity contribution >= 4 is 33.4 Å². The third-order valence-electron chi connectivity index (χ3n) is 4.95. The average molecular weight is 579 g/mol. The fourth-order valence-electron chi connectivity index (χ4n) is 3.13. The van der Waals surface area contributed by atoms with Gasteiger partial charge in [0.15, 0.2) is 0 Å². The molecule has 0 spiro atoms. The Kier molecular flexibility index (Phi) is 8.34. The van der Waals surface area contributed by atoms with Crippen molar-refractivity contribution in [2.75, 3.05) is 17.2 Å². The van der Waals surface area contributed by atoms with E-state index in [-0.39, 0.29) is 45.7 Å². The molecule has 2 aromatic carbocycles. The smallest absolute Gasteiger partial charge is 0.406 e. The molecular weight excluding hydrogens is 558 g/mol. The number of benzene rings is 2. The summed E-state index contributed by atoms with van der Waals surface area (Å²) in [7, 11) is 0. The summed E-state index contributed by atoms with van der Waals surface area (Å²) >= 11 is 2.88. The Hall–Kier alpha value is -3.06. The Morgan fingerprint density at radius 1 is 1.00 bits per heavy atom. The molecule has 13 heteroatoms. The van der Waals surface area contributed by atoms with Crippen LogP contribution in [0, 0.1) is 5.92 Å². The van der Waals surface area contributed by atoms with Crippen LogP contribution in [-0.2, 0) is 6.18 Å². The van der Waals surface area contributed by atoms with Gasteiger partial charge < -0.3 is 20.5 Å². The number of aromatic nitrogens is 2. The molecule has 0 aliphatic heterocycles. The van der Waals surface area contributed by atoms with Gasteiger partial charge in [-0.2, -0.15) is 18.2 Å². The second-order valence-electron chi connectivity index (χ2n) is 8.03. The zero-order chi connectivity index (χ0) is 26.7. The summed E-state index contributed by atoms with van der Waals surface area (Å²) in [5.74, 6) is -0.428. The Morgan fingerprint density at radius 3 is 2.33 bits per heavy atom. The van der Waals surface area contributed by atoms with E-state index in [1.807, 2.05) is 13.8 Å². The van der Waals surface area contributed by atoms with Crippen LogP contribution in [0.25, 0.3) is 11.3 Å². The summed E-state index contributed by atoms with van der Waals surface area (Å²) in [5, 5.41) is 15.4. The van der Waals surface area contributed by atoms with Crippen LogP contribution in [0.5, 0.6) is 5.75 Å². The molecule has 0 aliphatic carbocycles. The lowest BCUT2D eigenvalue weighted by molar-refractivity contribution is -0.274. The molecule has 0 radical (unpaired) electrons. The lowest BCUT2D eigenvalue weighted by atomic mass is 10.1. The lowest BCUT2D eigenvalue weighted by Gasteiger charge is -2.21. The standard InChI is InChI=1S/C23H21BrF6N4O2/c1-12(2)19(11-35)33-21-32-18(13-4-3-5-15(8-13)36-23(28,29)30)10-20(34-21)31-14-6-7-17(24)16(9-14)22(25,26)27/h3-10,12,19,35H,11H2,1-2H3,(H2,31,32,33,34)/t19-/m1/s1. The Labute approximate surface area is 210 Å². The van der Waals surface area contributed by atoms with E-state index in [0.29, 0.717) is 0 Å². The minimum atomic E-state index is -4.90. The molecule has 3 aromatic rings. The Bertz CT molecular complexity index is 1200. The van der Waals surface area contributed by atoms with Gasteiger partial charge in [0.2, 0.25) is 5.95 Å². The summed E-state index contributed by atoms with van der Waals surface area (Å²) in [4.78, 5) is 8.60. The van der Waals surface area contributed by atoms with Crippen molar-refractivity contribution in [3.8, 4) is 17.0 Å². The van der Waals surface area contributed by atoms with Crippen molar-refractivity contribution in [2.45, 2.75) is 32.4 Å². The normalized spacial score (nSPS) is 13.0. The summed E-state index contributed by atoms with van der Waals surface area (Å²) in [6.07, 6.45) is -9.50. The first-order valence-corrected chi connectivity index (χ1v) is 11.3. The zero-order valence-corrected chi connectivity index (χ0v) is 20.5. The van der Waals surface area contributed by atoms with Crippen molar-refractivity contribution in [1.82, 2.24) is 9.97 Å². The van der Waals surface area contributed by atoms with Gasteiger partial charge in [0.25, 0.3) is 0 Å². The number of alkyl halides is 6. The van der Waals surface area contributed by atoms with Gasteiger partial charge in [-0.05, 0) is 36.2 Å². The molecule has 0 fully saturated rings. The molecule has 0 bridgehead atoms. The molecule has 3 N–H and O–H groups in total. The second-order valence-corrected chi connectivity index (χ2v) is 8.89. The minimum Gasteiger partial charge on any atom is -0.406 e. The average Bonchev–Trinajstić information content (AvgIpc) is 2.76. The fourth-order valence-corrected chi connectivity index (χ4v) is 3.60. The maximum Gasteiger partial charge on any atom is 0.573 e. The summed E-state index contributed by atoms with van der Waals surface area (Å²) in [5.41, 5.74) is -0.437. The number of hydrogen-bond acceptors (Lipinski definition) is 6. The van der Waals surface area contributed by atoms with Crippen LogP contribution < -0.4 is 15.4 Å². The van der Waals surface area contributed by atoms with E-state index in [2.05, 4.69) is 41.3 Å². The highest BCUT2D eigenvalue weighted by Gasteiger charge is 2.33. The van der Waals surface area contributed by atoms with E-state index in [4.69, 9.17) is 0 Å². The number of ether oxygens (including phenoxy) is 1. The summed E-state index contributed by atoms with van der Waals surface area (Å²) < 4.78 is 81.8. The van der Waals surface area contributed by atoms with Gasteiger partial charge in [0, 0.05) is 21.8 Å². The maximum absolute atomic E-state index is 13.3. The van der Waals surface area contributed by atoms with E-state index >= 15 is 0 Å². The Morgan fingerprint density at radius 2 is 1.72 bits per heavy atom. The molecule has 0 unspecified atom stereocenters. The summed E-state index contributed by atoms with van der Waals surface area (Å²) in [6.45, 7) is 3.43. The van der Waals surface area contributed by atoms with Gasteiger partial charge in [-0.15, -0.1) is 13.2 Å². The maximum atomic E-state index is 13.3. The Balaban J connectivity index is 2.04. The molecule has 0 saturated carbocycles. The van der Waals surface area contributed by atoms with Crippen LogP contribution >= 0.6 is 15.9 Å². The van der Waals surface area contributed by atoms with Crippen LogP contribution in [0.1, 0.15) is 19.4 Å². The zero-order valence-electron chi connectivity index (χ0n) is 18.9. The van der Waals surface area contributed by atoms with Crippen LogP contribution in [-0.4, -0.2) is 34.1 Å². The minimum absolute atomic E-state index is 0.0121. The van der Waals surface area contributed by atoms with Crippen LogP contribution in [0.3, 0.4) is 0 Å². The highest BCUT2D eigenvalue weighted by Crippen LogP contribution is 2.37. The number of aliphatic hydroxyl groups excluding tert-OH is 1. The number of nitrogens with one attached hydrogen (secondary N) is 2. The second kappa shape index (κ2) is 10.9. The van der Waals surface area contributed by atoms with Crippen molar-refractivity contribution in [3.05, 3.63) is 58.6 Å². The lowest BCUT2D eigenvalue weighted by Crippen LogP contribution is -2.30. The molecule has 1 heterocycles. The van der Waals surface area contributed by atoms with E-state index in [1.165, 1.54) is 30.3 Å². The number of rotatable bonds is 8. The number of aliphatic hydroxyl groups is 1. The third kappa shape index (κ3) is 7.47. The first kappa shape index (κ1) is 27.5. The molecule has 194 valence electrons. The number of hydrogen-bond donors (Lipinski definition) is 3. The van der Waals surface area contributed by atoms with Gasteiger partial charge in [0.05, 0.1) is 23.9 Å².